The van der Waals surface area contributed by atoms with Crippen LogP contribution >= 0.6 is 0 Å². The van der Waals surface area contributed by atoms with Gasteiger partial charge in [0, 0.05) is 25.6 Å². The van der Waals surface area contributed by atoms with E-state index in [2.05, 4.69) is 17.1 Å². The Morgan fingerprint density at radius 1 is 1.29 bits per heavy atom. The Kier molecular flexibility index (Phi) is 4.84. The highest BCUT2D eigenvalue weighted by Crippen LogP contribution is 2.21. The largest absolute Gasteiger partial charge is 0.341 e. The number of amides is 1. The average molecular weight is 238 g/mol. The Bertz CT molecular complexity index is 249. The van der Waals surface area contributed by atoms with Crippen LogP contribution in [0.3, 0.4) is 0 Å². The first-order valence-corrected chi connectivity index (χ1v) is 7.30. The summed E-state index contributed by atoms with van der Waals surface area (Å²) in [6.45, 7) is 5.29. The molecule has 2 unspecified atom stereocenters. The highest BCUT2D eigenvalue weighted by atomic mass is 16.2. The van der Waals surface area contributed by atoms with E-state index in [9.17, 15) is 4.79 Å². The second-order valence-electron chi connectivity index (χ2n) is 5.59. The van der Waals surface area contributed by atoms with Crippen LogP contribution in [0.2, 0.25) is 0 Å². The van der Waals surface area contributed by atoms with Gasteiger partial charge in [-0.15, -0.1) is 0 Å². The lowest BCUT2D eigenvalue weighted by Crippen LogP contribution is -2.45. The number of carbonyl (C=O) groups excluding carboxylic acids is 1. The monoisotopic (exact) mass is 238 g/mol. The van der Waals surface area contributed by atoms with Crippen LogP contribution in [0.15, 0.2) is 0 Å². The summed E-state index contributed by atoms with van der Waals surface area (Å²) in [6.07, 6.45) is 8.15. The number of likely N-dealkylation sites (tertiary alicyclic amines) is 1. The van der Waals surface area contributed by atoms with Crippen molar-refractivity contribution in [2.45, 2.75) is 57.9 Å². The van der Waals surface area contributed by atoms with E-state index in [1.165, 1.54) is 32.1 Å². The molecule has 0 aromatic rings. The Morgan fingerprint density at radius 2 is 2.18 bits per heavy atom. The zero-order chi connectivity index (χ0) is 12.1. The molecule has 3 heteroatoms. The first-order valence-electron chi connectivity index (χ1n) is 7.30. The van der Waals surface area contributed by atoms with Gasteiger partial charge in [-0.1, -0.05) is 19.8 Å². The minimum absolute atomic E-state index is 0.383. The van der Waals surface area contributed by atoms with Crippen LogP contribution in [0.1, 0.15) is 51.9 Å². The van der Waals surface area contributed by atoms with Crippen molar-refractivity contribution in [1.29, 1.82) is 0 Å². The van der Waals surface area contributed by atoms with Crippen LogP contribution < -0.4 is 5.32 Å². The van der Waals surface area contributed by atoms with Gasteiger partial charge in [0.05, 0.1) is 0 Å². The summed E-state index contributed by atoms with van der Waals surface area (Å²) in [6, 6.07) is 0.547. The number of piperidine rings is 1. The minimum Gasteiger partial charge on any atom is -0.341 e. The number of hydrogen-bond donors (Lipinski definition) is 1. The van der Waals surface area contributed by atoms with Crippen LogP contribution in [-0.2, 0) is 4.79 Å². The molecule has 0 spiro atoms. The molecule has 0 radical (unpaired) electrons. The third kappa shape index (κ3) is 3.70. The molecule has 2 rings (SSSR count). The molecule has 0 saturated carbocycles. The molecular weight excluding hydrogens is 212 g/mol. The van der Waals surface area contributed by atoms with E-state index in [0.29, 0.717) is 11.9 Å². The predicted octanol–water partition coefficient (Wildman–Crippen LogP) is 2.17. The topological polar surface area (TPSA) is 32.3 Å². The van der Waals surface area contributed by atoms with Gasteiger partial charge >= 0.3 is 0 Å². The minimum atomic E-state index is 0.383. The molecule has 0 aromatic carbocycles. The van der Waals surface area contributed by atoms with Gasteiger partial charge in [0.2, 0.25) is 5.91 Å². The van der Waals surface area contributed by atoms with Gasteiger partial charge in [-0.25, -0.2) is 0 Å². The SMILES string of the molecule is CCC1CCC(=O)N(CC2CCCCN2)CC1. The van der Waals surface area contributed by atoms with Gasteiger partial charge in [-0.3, -0.25) is 4.79 Å². The summed E-state index contributed by atoms with van der Waals surface area (Å²) in [4.78, 5) is 14.2. The second kappa shape index (κ2) is 6.39. The molecule has 1 amide bonds. The van der Waals surface area contributed by atoms with Gasteiger partial charge in [0.15, 0.2) is 0 Å². The Labute approximate surface area is 105 Å². The molecule has 2 fully saturated rings. The maximum atomic E-state index is 12.0. The molecule has 1 N–H and O–H groups in total. The Balaban J connectivity index is 1.83. The molecule has 2 aliphatic heterocycles. The fraction of sp³-hybridized carbons (Fsp3) is 0.929. The van der Waals surface area contributed by atoms with Crippen molar-refractivity contribution in [2.75, 3.05) is 19.6 Å². The van der Waals surface area contributed by atoms with Gasteiger partial charge < -0.3 is 10.2 Å². The van der Waals surface area contributed by atoms with Crippen LogP contribution in [0.25, 0.3) is 0 Å². The van der Waals surface area contributed by atoms with Gasteiger partial charge in [-0.05, 0) is 38.1 Å². The van der Waals surface area contributed by atoms with E-state index < -0.39 is 0 Å². The molecule has 17 heavy (non-hydrogen) atoms. The molecule has 0 aromatic heterocycles. The Morgan fingerprint density at radius 3 is 2.88 bits per heavy atom. The highest BCUT2D eigenvalue weighted by Gasteiger charge is 2.24. The van der Waals surface area contributed by atoms with Crippen molar-refractivity contribution in [3.05, 3.63) is 0 Å². The highest BCUT2D eigenvalue weighted by molar-refractivity contribution is 5.76. The van der Waals surface area contributed by atoms with Crippen LogP contribution in [-0.4, -0.2) is 36.5 Å². The summed E-state index contributed by atoms with van der Waals surface area (Å²) in [5, 5.41) is 3.54. The van der Waals surface area contributed by atoms with Gasteiger partial charge in [0.1, 0.15) is 0 Å². The van der Waals surface area contributed by atoms with E-state index in [4.69, 9.17) is 0 Å². The lowest BCUT2D eigenvalue weighted by Gasteiger charge is -2.30. The summed E-state index contributed by atoms with van der Waals surface area (Å²) >= 11 is 0. The third-order valence-electron chi connectivity index (χ3n) is 4.36. The number of nitrogens with zero attached hydrogens (tertiary/aromatic N) is 1. The molecule has 0 bridgehead atoms. The molecule has 98 valence electrons. The van der Waals surface area contributed by atoms with Crippen LogP contribution in [0.4, 0.5) is 0 Å². The average Bonchev–Trinajstić information content (AvgIpc) is 2.54. The molecule has 2 saturated heterocycles. The maximum absolute atomic E-state index is 12.0. The van der Waals surface area contributed by atoms with Crippen molar-refractivity contribution in [1.82, 2.24) is 10.2 Å². The number of hydrogen-bond acceptors (Lipinski definition) is 2. The quantitative estimate of drug-likeness (QED) is 0.817. The first-order chi connectivity index (χ1) is 8.29. The predicted molar refractivity (Wildman–Crippen MR) is 69.9 cm³/mol. The molecule has 3 nitrogen and oxygen atoms in total. The maximum Gasteiger partial charge on any atom is 0.222 e. The Hall–Kier alpha value is -0.570. The molecule has 0 aliphatic carbocycles. The third-order valence-corrected chi connectivity index (χ3v) is 4.36. The van der Waals surface area contributed by atoms with Crippen molar-refractivity contribution < 1.29 is 4.79 Å². The second-order valence-corrected chi connectivity index (χ2v) is 5.59. The molecule has 2 heterocycles. The summed E-state index contributed by atoms with van der Waals surface area (Å²) in [5.74, 6) is 1.15. The van der Waals surface area contributed by atoms with Crippen LogP contribution in [0.5, 0.6) is 0 Å². The fourth-order valence-electron chi connectivity index (χ4n) is 3.04. The zero-order valence-corrected chi connectivity index (χ0v) is 11.1. The van der Waals surface area contributed by atoms with E-state index in [-0.39, 0.29) is 0 Å². The van der Waals surface area contributed by atoms with Crippen molar-refractivity contribution in [3.63, 3.8) is 0 Å². The van der Waals surface area contributed by atoms with Crippen molar-refractivity contribution in [3.8, 4) is 0 Å². The number of nitrogens with one attached hydrogen (secondary N) is 1. The van der Waals surface area contributed by atoms with Crippen molar-refractivity contribution in [2.24, 2.45) is 5.92 Å². The fourth-order valence-corrected chi connectivity index (χ4v) is 3.04. The smallest absolute Gasteiger partial charge is 0.222 e. The number of carbonyl (C=O) groups is 1. The normalized spacial score (nSPS) is 31.4. The van der Waals surface area contributed by atoms with E-state index in [1.807, 2.05) is 0 Å². The lowest BCUT2D eigenvalue weighted by molar-refractivity contribution is -0.131. The summed E-state index contributed by atoms with van der Waals surface area (Å²) < 4.78 is 0. The standard InChI is InChI=1S/C14H26N2O/c1-2-12-6-7-14(17)16(10-8-12)11-13-5-3-4-9-15-13/h12-13,15H,2-11H2,1H3. The van der Waals surface area contributed by atoms with Gasteiger partial charge in [0.25, 0.3) is 0 Å². The summed E-state index contributed by atoms with van der Waals surface area (Å²) in [7, 11) is 0. The van der Waals surface area contributed by atoms with E-state index >= 15 is 0 Å². The lowest BCUT2D eigenvalue weighted by atomic mass is 9.98. The van der Waals surface area contributed by atoms with Gasteiger partial charge in [-0.2, -0.15) is 0 Å². The first kappa shape index (κ1) is 12.9. The van der Waals surface area contributed by atoms with E-state index in [1.54, 1.807) is 0 Å². The molecule has 2 aliphatic rings. The van der Waals surface area contributed by atoms with Crippen LogP contribution in [0, 0.1) is 5.92 Å². The molecule has 2 atom stereocenters. The van der Waals surface area contributed by atoms with Crippen molar-refractivity contribution >= 4 is 5.91 Å². The zero-order valence-electron chi connectivity index (χ0n) is 11.1. The van der Waals surface area contributed by atoms with E-state index in [0.717, 1.165) is 38.4 Å². The number of rotatable bonds is 3. The summed E-state index contributed by atoms with van der Waals surface area (Å²) in [5.41, 5.74) is 0. The molecular formula is C14H26N2O.